The Morgan fingerprint density at radius 3 is 3.10 bits per heavy atom. The number of piperidine rings is 1. The van der Waals surface area contributed by atoms with Gasteiger partial charge in [-0.25, -0.2) is 9.97 Å². The van der Waals surface area contributed by atoms with Gasteiger partial charge in [0.15, 0.2) is 0 Å². The smallest absolute Gasteiger partial charge is 0.125 e. The average Bonchev–Trinajstić information content (AvgIpc) is 3.12. The molecule has 3 aromatic rings. The van der Waals surface area contributed by atoms with Crippen molar-refractivity contribution in [2.24, 2.45) is 5.92 Å². The Labute approximate surface area is 128 Å². The molecule has 1 aliphatic rings. The van der Waals surface area contributed by atoms with Gasteiger partial charge in [-0.05, 0) is 56.6 Å². The molecule has 3 aromatic heterocycles. The van der Waals surface area contributed by atoms with Crippen LogP contribution < -0.4 is 5.32 Å². The van der Waals surface area contributed by atoms with Crippen LogP contribution in [0.3, 0.4) is 0 Å². The summed E-state index contributed by atoms with van der Waals surface area (Å²) in [6.07, 6.45) is 5.86. The summed E-state index contributed by atoms with van der Waals surface area (Å²) >= 11 is 1.71. The van der Waals surface area contributed by atoms with E-state index < -0.39 is 0 Å². The van der Waals surface area contributed by atoms with Gasteiger partial charge in [0.05, 0.1) is 17.5 Å². The minimum atomic E-state index is 0.851. The summed E-state index contributed by atoms with van der Waals surface area (Å²) in [6, 6.07) is 2.18. The number of nitrogens with one attached hydrogen (secondary N) is 1. The number of imidazole rings is 1. The van der Waals surface area contributed by atoms with Crippen LogP contribution in [0.5, 0.6) is 0 Å². The maximum absolute atomic E-state index is 4.66. The zero-order valence-electron chi connectivity index (χ0n) is 12.3. The Kier molecular flexibility index (Phi) is 3.39. The minimum absolute atomic E-state index is 0.851. The third-order valence-corrected chi connectivity index (χ3v) is 5.39. The van der Waals surface area contributed by atoms with Gasteiger partial charge in [-0.1, -0.05) is 0 Å². The number of rotatable bonds is 3. The number of fused-ring (bicyclic) bond motifs is 3. The summed E-state index contributed by atoms with van der Waals surface area (Å²) in [4.78, 5) is 10.4. The lowest BCUT2D eigenvalue weighted by atomic mass is 9.95. The fourth-order valence-electron chi connectivity index (χ4n) is 3.36. The first-order valence-electron chi connectivity index (χ1n) is 7.72. The number of aromatic nitrogens is 3. The normalized spacial score (nSPS) is 17.0. The topological polar surface area (TPSA) is 42.7 Å². The van der Waals surface area contributed by atoms with E-state index in [4.69, 9.17) is 0 Å². The fourth-order valence-corrected chi connectivity index (χ4v) is 4.18. The highest BCUT2D eigenvalue weighted by Gasteiger charge is 2.15. The van der Waals surface area contributed by atoms with Gasteiger partial charge in [0, 0.05) is 11.9 Å². The van der Waals surface area contributed by atoms with Gasteiger partial charge in [0.2, 0.25) is 0 Å². The van der Waals surface area contributed by atoms with Crippen LogP contribution in [-0.4, -0.2) is 27.6 Å². The van der Waals surface area contributed by atoms with Crippen molar-refractivity contribution in [1.29, 1.82) is 0 Å². The van der Waals surface area contributed by atoms with Crippen LogP contribution in [0, 0.1) is 12.8 Å². The third-order valence-electron chi connectivity index (χ3n) is 4.59. The molecular formula is C16H20N4S. The van der Waals surface area contributed by atoms with E-state index in [0.29, 0.717) is 0 Å². The molecule has 4 heterocycles. The van der Waals surface area contributed by atoms with E-state index in [9.17, 15) is 0 Å². The molecule has 0 saturated carbocycles. The lowest BCUT2D eigenvalue weighted by molar-refractivity contribution is 0.339. The molecule has 4 nitrogen and oxygen atoms in total. The van der Waals surface area contributed by atoms with Crippen LogP contribution in [0.25, 0.3) is 21.3 Å². The van der Waals surface area contributed by atoms with Gasteiger partial charge < -0.3 is 9.88 Å². The summed E-state index contributed by atoms with van der Waals surface area (Å²) in [7, 11) is 0. The largest absolute Gasteiger partial charge is 0.330 e. The molecule has 0 aliphatic carbocycles. The molecule has 0 radical (unpaired) electrons. The highest BCUT2D eigenvalue weighted by Crippen LogP contribution is 2.29. The molecule has 5 heteroatoms. The molecule has 110 valence electrons. The van der Waals surface area contributed by atoms with E-state index in [1.165, 1.54) is 43.3 Å². The van der Waals surface area contributed by atoms with Gasteiger partial charge in [-0.3, -0.25) is 0 Å². The van der Waals surface area contributed by atoms with E-state index in [-0.39, 0.29) is 0 Å². The van der Waals surface area contributed by atoms with Crippen LogP contribution in [0.1, 0.15) is 25.0 Å². The van der Waals surface area contributed by atoms with Gasteiger partial charge in [-0.15, -0.1) is 11.3 Å². The predicted molar refractivity (Wildman–Crippen MR) is 87.9 cm³/mol. The summed E-state index contributed by atoms with van der Waals surface area (Å²) in [5, 5.41) is 6.82. The molecule has 0 bridgehead atoms. The quantitative estimate of drug-likeness (QED) is 0.806. The third kappa shape index (κ3) is 2.34. The number of hydrogen-bond acceptors (Lipinski definition) is 4. The first-order chi connectivity index (χ1) is 10.3. The average molecular weight is 300 g/mol. The molecule has 21 heavy (non-hydrogen) atoms. The van der Waals surface area contributed by atoms with Crippen molar-refractivity contribution in [3.63, 3.8) is 0 Å². The number of thiophene rings is 1. The van der Waals surface area contributed by atoms with E-state index in [1.54, 1.807) is 11.3 Å². The van der Waals surface area contributed by atoms with Crippen molar-refractivity contribution in [3.8, 4) is 0 Å². The second-order valence-corrected chi connectivity index (χ2v) is 6.85. The summed E-state index contributed by atoms with van der Waals surface area (Å²) < 4.78 is 2.33. The lowest BCUT2D eigenvalue weighted by Crippen LogP contribution is -2.28. The number of pyridine rings is 1. The fraction of sp³-hybridized carbons (Fsp3) is 0.500. The molecule has 1 aliphatic heterocycles. The predicted octanol–water partition coefficient (Wildman–Crippen LogP) is 3.34. The Morgan fingerprint density at radius 2 is 2.24 bits per heavy atom. The van der Waals surface area contributed by atoms with Crippen LogP contribution in [0.4, 0.5) is 0 Å². The van der Waals surface area contributed by atoms with Crippen molar-refractivity contribution in [2.75, 3.05) is 13.1 Å². The minimum Gasteiger partial charge on any atom is -0.330 e. The first kappa shape index (κ1) is 13.2. The van der Waals surface area contributed by atoms with Crippen molar-refractivity contribution in [2.45, 2.75) is 32.7 Å². The molecule has 4 rings (SSSR count). The molecule has 0 aromatic carbocycles. The van der Waals surface area contributed by atoms with Crippen molar-refractivity contribution in [1.82, 2.24) is 19.9 Å². The lowest BCUT2D eigenvalue weighted by Gasteiger charge is -2.22. The molecule has 1 N–H and O–H groups in total. The summed E-state index contributed by atoms with van der Waals surface area (Å²) in [5.74, 6) is 0.851. The van der Waals surface area contributed by atoms with Crippen molar-refractivity contribution in [3.05, 3.63) is 23.5 Å². The standard InChI is InChI=1S/C16H20N4S/c1-11-14-15(13-5-9-21-16(13)19-11)20(10-18-14)8-4-12-2-6-17-7-3-12/h5,9-10,12,17H,2-4,6-8H2,1H3. The van der Waals surface area contributed by atoms with Crippen LogP contribution in [-0.2, 0) is 6.54 Å². The molecule has 0 spiro atoms. The monoisotopic (exact) mass is 300 g/mol. The van der Waals surface area contributed by atoms with E-state index in [0.717, 1.165) is 28.5 Å². The zero-order chi connectivity index (χ0) is 14.2. The van der Waals surface area contributed by atoms with Crippen molar-refractivity contribution < 1.29 is 0 Å². The molecule has 1 fully saturated rings. The van der Waals surface area contributed by atoms with Crippen LogP contribution in [0.2, 0.25) is 0 Å². The van der Waals surface area contributed by atoms with Gasteiger partial charge in [-0.2, -0.15) is 0 Å². The molecular weight excluding hydrogens is 280 g/mol. The zero-order valence-corrected chi connectivity index (χ0v) is 13.1. The van der Waals surface area contributed by atoms with Gasteiger partial charge in [0.1, 0.15) is 10.3 Å². The van der Waals surface area contributed by atoms with Crippen LogP contribution in [0.15, 0.2) is 17.8 Å². The van der Waals surface area contributed by atoms with E-state index in [1.807, 2.05) is 6.33 Å². The van der Waals surface area contributed by atoms with E-state index >= 15 is 0 Å². The highest BCUT2D eigenvalue weighted by molar-refractivity contribution is 7.16. The maximum Gasteiger partial charge on any atom is 0.125 e. The Bertz CT molecular complexity index is 767. The van der Waals surface area contributed by atoms with Crippen molar-refractivity contribution >= 4 is 32.6 Å². The Morgan fingerprint density at radius 1 is 1.38 bits per heavy atom. The number of aryl methyl sites for hydroxylation is 2. The summed E-state index contributed by atoms with van der Waals surface area (Å²) in [6.45, 7) is 5.47. The number of nitrogens with zero attached hydrogens (tertiary/aromatic N) is 3. The molecule has 0 atom stereocenters. The Hall–Kier alpha value is -1.46. The SMILES string of the molecule is Cc1nc2sccc2c2c1ncn2CCC1CCNCC1. The first-order valence-corrected chi connectivity index (χ1v) is 8.60. The summed E-state index contributed by atoms with van der Waals surface area (Å²) in [5.41, 5.74) is 3.37. The number of hydrogen-bond donors (Lipinski definition) is 1. The van der Waals surface area contributed by atoms with E-state index in [2.05, 4.69) is 38.2 Å². The second-order valence-electron chi connectivity index (χ2n) is 5.95. The van der Waals surface area contributed by atoms with Gasteiger partial charge in [0.25, 0.3) is 0 Å². The molecule has 0 amide bonds. The highest BCUT2D eigenvalue weighted by atomic mass is 32.1. The second kappa shape index (κ2) is 5.39. The van der Waals surface area contributed by atoms with Crippen LogP contribution >= 0.6 is 11.3 Å². The molecule has 1 saturated heterocycles. The maximum atomic E-state index is 4.66. The molecule has 0 unspecified atom stereocenters. The Balaban J connectivity index is 1.68. The van der Waals surface area contributed by atoms with Gasteiger partial charge >= 0.3 is 0 Å².